The SMILES string of the molecule is CC(CCC(=O)O)NC(=O)C1(c2c(F)cccc2F)CCC1. The molecule has 2 rings (SSSR count). The Balaban J connectivity index is 2.17. The van der Waals surface area contributed by atoms with E-state index in [9.17, 15) is 18.4 Å². The van der Waals surface area contributed by atoms with Gasteiger partial charge < -0.3 is 10.4 Å². The average Bonchev–Trinajstić information content (AvgIpc) is 2.38. The predicted octanol–water partition coefficient (Wildman–Crippen LogP) is 2.76. The summed E-state index contributed by atoms with van der Waals surface area (Å²) in [6, 6.07) is 3.21. The van der Waals surface area contributed by atoms with Crippen LogP contribution >= 0.6 is 0 Å². The molecular weight excluding hydrogens is 292 g/mol. The quantitative estimate of drug-likeness (QED) is 0.849. The summed E-state index contributed by atoms with van der Waals surface area (Å²) in [5, 5.41) is 11.3. The normalized spacial score (nSPS) is 17.4. The molecule has 120 valence electrons. The van der Waals surface area contributed by atoms with Crippen molar-refractivity contribution in [1.82, 2.24) is 5.32 Å². The van der Waals surface area contributed by atoms with E-state index >= 15 is 0 Å². The van der Waals surface area contributed by atoms with Crippen molar-refractivity contribution in [2.75, 3.05) is 0 Å². The van der Waals surface area contributed by atoms with E-state index in [0.717, 1.165) is 18.6 Å². The van der Waals surface area contributed by atoms with Gasteiger partial charge in [0, 0.05) is 18.0 Å². The zero-order chi connectivity index (χ0) is 16.3. The van der Waals surface area contributed by atoms with Crippen LogP contribution < -0.4 is 5.32 Å². The number of carbonyl (C=O) groups excluding carboxylic acids is 1. The van der Waals surface area contributed by atoms with Crippen molar-refractivity contribution >= 4 is 11.9 Å². The number of carbonyl (C=O) groups is 2. The van der Waals surface area contributed by atoms with Gasteiger partial charge in [0.25, 0.3) is 0 Å². The molecule has 1 aromatic rings. The molecule has 0 saturated heterocycles. The molecule has 1 unspecified atom stereocenters. The van der Waals surface area contributed by atoms with Crippen LogP contribution in [0.1, 0.15) is 44.6 Å². The molecule has 1 aliphatic carbocycles. The van der Waals surface area contributed by atoms with Crippen LogP contribution in [0.4, 0.5) is 8.78 Å². The first kappa shape index (κ1) is 16.4. The van der Waals surface area contributed by atoms with E-state index in [4.69, 9.17) is 5.11 Å². The highest BCUT2D eigenvalue weighted by Gasteiger charge is 2.49. The van der Waals surface area contributed by atoms with Crippen molar-refractivity contribution in [2.24, 2.45) is 0 Å². The Kier molecular flexibility index (Phi) is 4.78. The summed E-state index contributed by atoms with van der Waals surface area (Å²) in [5.74, 6) is -2.80. The highest BCUT2D eigenvalue weighted by molar-refractivity contribution is 5.89. The Labute approximate surface area is 127 Å². The molecule has 2 N–H and O–H groups in total. The highest BCUT2D eigenvalue weighted by Crippen LogP contribution is 2.46. The third-order valence-electron chi connectivity index (χ3n) is 4.25. The second-order valence-corrected chi connectivity index (χ2v) is 5.84. The Morgan fingerprint density at radius 1 is 1.32 bits per heavy atom. The molecule has 0 radical (unpaired) electrons. The van der Waals surface area contributed by atoms with Crippen molar-refractivity contribution in [3.63, 3.8) is 0 Å². The van der Waals surface area contributed by atoms with Crippen molar-refractivity contribution in [1.29, 1.82) is 0 Å². The van der Waals surface area contributed by atoms with Crippen LogP contribution in [0.15, 0.2) is 18.2 Å². The number of aliphatic carboxylic acids is 1. The summed E-state index contributed by atoms with van der Waals surface area (Å²) in [6.45, 7) is 1.69. The van der Waals surface area contributed by atoms with E-state index in [1.165, 1.54) is 6.07 Å². The summed E-state index contributed by atoms with van der Waals surface area (Å²) in [6.07, 6.45) is 1.72. The second kappa shape index (κ2) is 6.42. The van der Waals surface area contributed by atoms with Gasteiger partial charge in [-0.3, -0.25) is 9.59 Å². The van der Waals surface area contributed by atoms with E-state index in [1.54, 1.807) is 6.92 Å². The van der Waals surface area contributed by atoms with Gasteiger partial charge in [0.15, 0.2) is 0 Å². The Morgan fingerprint density at radius 2 is 1.91 bits per heavy atom. The number of benzene rings is 1. The van der Waals surface area contributed by atoms with Crippen LogP contribution in [0.2, 0.25) is 0 Å². The van der Waals surface area contributed by atoms with Crippen LogP contribution in [-0.4, -0.2) is 23.0 Å². The van der Waals surface area contributed by atoms with E-state index in [2.05, 4.69) is 5.32 Å². The molecule has 0 heterocycles. The average molecular weight is 311 g/mol. The zero-order valence-corrected chi connectivity index (χ0v) is 12.4. The summed E-state index contributed by atoms with van der Waals surface area (Å²) in [4.78, 5) is 23.1. The number of nitrogens with one attached hydrogen (secondary N) is 1. The zero-order valence-electron chi connectivity index (χ0n) is 12.4. The third-order valence-corrected chi connectivity index (χ3v) is 4.25. The van der Waals surface area contributed by atoms with E-state index in [1.807, 2.05) is 0 Å². The van der Waals surface area contributed by atoms with Crippen molar-refractivity contribution in [3.05, 3.63) is 35.4 Å². The molecule has 0 bridgehead atoms. The van der Waals surface area contributed by atoms with Crippen LogP contribution in [-0.2, 0) is 15.0 Å². The molecule has 1 fully saturated rings. The maximum atomic E-state index is 14.0. The minimum Gasteiger partial charge on any atom is -0.481 e. The lowest BCUT2D eigenvalue weighted by atomic mass is 9.63. The predicted molar refractivity (Wildman–Crippen MR) is 76.4 cm³/mol. The van der Waals surface area contributed by atoms with Gasteiger partial charge in [-0.2, -0.15) is 0 Å². The molecule has 4 nitrogen and oxygen atoms in total. The molecule has 0 aliphatic heterocycles. The first-order chi connectivity index (χ1) is 10.4. The fourth-order valence-electron chi connectivity index (χ4n) is 2.85. The van der Waals surface area contributed by atoms with Crippen molar-refractivity contribution in [3.8, 4) is 0 Å². The fourth-order valence-corrected chi connectivity index (χ4v) is 2.85. The van der Waals surface area contributed by atoms with Gasteiger partial charge in [-0.05, 0) is 38.3 Å². The summed E-state index contributed by atoms with van der Waals surface area (Å²) in [5.41, 5.74) is -1.35. The summed E-state index contributed by atoms with van der Waals surface area (Å²) >= 11 is 0. The van der Waals surface area contributed by atoms with Crippen molar-refractivity contribution in [2.45, 2.75) is 50.5 Å². The van der Waals surface area contributed by atoms with Gasteiger partial charge in [0.1, 0.15) is 11.6 Å². The first-order valence-electron chi connectivity index (χ1n) is 7.34. The van der Waals surface area contributed by atoms with Crippen LogP contribution in [0.25, 0.3) is 0 Å². The number of hydrogen-bond acceptors (Lipinski definition) is 2. The molecule has 22 heavy (non-hydrogen) atoms. The smallest absolute Gasteiger partial charge is 0.303 e. The van der Waals surface area contributed by atoms with Crippen LogP contribution in [0.5, 0.6) is 0 Å². The first-order valence-corrected chi connectivity index (χ1v) is 7.34. The molecule has 1 aromatic carbocycles. The Morgan fingerprint density at radius 3 is 2.36 bits per heavy atom. The van der Waals surface area contributed by atoms with Gasteiger partial charge in [-0.15, -0.1) is 0 Å². The third kappa shape index (κ3) is 3.10. The Bertz CT molecular complexity index is 565. The molecule has 1 amide bonds. The number of halogens is 2. The van der Waals surface area contributed by atoms with Crippen LogP contribution in [0, 0.1) is 11.6 Å². The largest absolute Gasteiger partial charge is 0.481 e. The lowest BCUT2D eigenvalue weighted by Gasteiger charge is -2.41. The molecule has 1 atom stereocenters. The lowest BCUT2D eigenvalue weighted by Crippen LogP contribution is -2.52. The standard InChI is InChI=1S/C16H19F2NO3/c1-10(6-7-13(20)21)19-15(22)16(8-3-9-16)14-11(17)4-2-5-12(14)18/h2,4-5,10H,3,6-9H2,1H3,(H,19,22)(H,20,21). The lowest BCUT2D eigenvalue weighted by molar-refractivity contribution is -0.138. The fraction of sp³-hybridized carbons (Fsp3) is 0.500. The monoisotopic (exact) mass is 311 g/mol. The molecule has 6 heteroatoms. The minimum atomic E-state index is -1.17. The molecule has 1 aliphatic rings. The van der Waals surface area contributed by atoms with E-state index < -0.39 is 28.9 Å². The van der Waals surface area contributed by atoms with Gasteiger partial charge >= 0.3 is 5.97 Å². The van der Waals surface area contributed by atoms with Gasteiger partial charge in [-0.25, -0.2) is 8.78 Å². The van der Waals surface area contributed by atoms with E-state index in [0.29, 0.717) is 12.8 Å². The number of carboxylic acids is 1. The summed E-state index contributed by atoms with van der Waals surface area (Å²) in [7, 11) is 0. The van der Waals surface area contributed by atoms with Crippen molar-refractivity contribution < 1.29 is 23.5 Å². The van der Waals surface area contributed by atoms with Gasteiger partial charge in [-0.1, -0.05) is 12.5 Å². The van der Waals surface area contributed by atoms with Gasteiger partial charge in [0.2, 0.25) is 5.91 Å². The molecule has 0 spiro atoms. The minimum absolute atomic E-state index is 0.0670. The molecule has 0 aromatic heterocycles. The Hall–Kier alpha value is -1.98. The number of carboxylic acid groups (broad SMARTS) is 1. The number of amides is 1. The topological polar surface area (TPSA) is 66.4 Å². The maximum absolute atomic E-state index is 14.0. The maximum Gasteiger partial charge on any atom is 0.303 e. The molecule has 1 saturated carbocycles. The van der Waals surface area contributed by atoms with E-state index in [-0.39, 0.29) is 24.4 Å². The summed E-state index contributed by atoms with van der Waals surface area (Å²) < 4.78 is 28.0. The molecular formula is C16H19F2NO3. The number of hydrogen-bond donors (Lipinski definition) is 2. The highest BCUT2D eigenvalue weighted by atomic mass is 19.1. The second-order valence-electron chi connectivity index (χ2n) is 5.84. The van der Waals surface area contributed by atoms with Gasteiger partial charge in [0.05, 0.1) is 5.41 Å². The number of rotatable bonds is 6. The van der Waals surface area contributed by atoms with Crippen LogP contribution in [0.3, 0.4) is 0 Å².